The first kappa shape index (κ1) is 22.4. The SMILES string of the molecule is COc1c(C(=O)Nc2ccc(N3CCN(C(C)=O)CC3)c(Cl)c2)cc2ccccc2c1Br. The average molecular weight is 517 g/mol. The van der Waals surface area contributed by atoms with Crippen molar-refractivity contribution in [1.82, 2.24) is 4.90 Å². The van der Waals surface area contributed by atoms with Gasteiger partial charge in [0.2, 0.25) is 5.91 Å². The Bertz CT molecular complexity index is 1190. The number of carbonyl (C=O) groups excluding carboxylic acids is 2. The molecule has 2 amide bonds. The minimum absolute atomic E-state index is 0.0876. The molecule has 3 aromatic carbocycles. The van der Waals surface area contributed by atoms with E-state index in [1.807, 2.05) is 47.4 Å². The fourth-order valence-electron chi connectivity index (χ4n) is 3.95. The molecule has 0 unspecified atom stereocenters. The van der Waals surface area contributed by atoms with E-state index in [2.05, 4.69) is 26.1 Å². The Morgan fingerprint density at radius 3 is 2.44 bits per heavy atom. The molecule has 166 valence electrons. The lowest BCUT2D eigenvalue weighted by Gasteiger charge is -2.36. The van der Waals surface area contributed by atoms with Gasteiger partial charge in [0.05, 0.1) is 27.9 Å². The second-order valence-corrected chi connectivity index (χ2v) is 8.81. The first-order valence-corrected chi connectivity index (χ1v) is 11.4. The van der Waals surface area contributed by atoms with Gasteiger partial charge < -0.3 is 19.9 Å². The first-order valence-electron chi connectivity index (χ1n) is 10.3. The third-order valence-electron chi connectivity index (χ3n) is 5.66. The highest BCUT2D eigenvalue weighted by molar-refractivity contribution is 9.10. The molecule has 0 aromatic heterocycles. The number of carbonyl (C=O) groups is 2. The Balaban J connectivity index is 1.54. The van der Waals surface area contributed by atoms with Crippen LogP contribution in [0.25, 0.3) is 10.8 Å². The van der Waals surface area contributed by atoms with E-state index in [-0.39, 0.29) is 11.8 Å². The minimum Gasteiger partial charge on any atom is -0.495 e. The molecular weight excluding hydrogens is 494 g/mol. The van der Waals surface area contributed by atoms with E-state index in [9.17, 15) is 9.59 Å². The molecule has 8 heteroatoms. The van der Waals surface area contributed by atoms with E-state index in [1.165, 1.54) is 0 Å². The maximum absolute atomic E-state index is 13.1. The van der Waals surface area contributed by atoms with Crippen molar-refractivity contribution in [2.75, 3.05) is 43.5 Å². The number of methoxy groups -OCH3 is 1. The summed E-state index contributed by atoms with van der Waals surface area (Å²) >= 11 is 10.1. The molecule has 1 N–H and O–H groups in total. The normalized spacial score (nSPS) is 13.9. The van der Waals surface area contributed by atoms with Gasteiger partial charge in [-0.2, -0.15) is 0 Å². The summed E-state index contributed by atoms with van der Waals surface area (Å²) in [6, 6.07) is 15.1. The lowest BCUT2D eigenvalue weighted by Crippen LogP contribution is -2.48. The fraction of sp³-hybridized carbons (Fsp3) is 0.250. The Labute approximate surface area is 200 Å². The number of nitrogens with one attached hydrogen (secondary N) is 1. The molecule has 3 aromatic rings. The summed E-state index contributed by atoms with van der Waals surface area (Å²) in [4.78, 5) is 28.6. The van der Waals surface area contributed by atoms with Crippen LogP contribution in [0.2, 0.25) is 5.02 Å². The van der Waals surface area contributed by atoms with Gasteiger partial charge in [0, 0.05) is 38.8 Å². The predicted octanol–water partition coefficient (Wildman–Crippen LogP) is 5.19. The van der Waals surface area contributed by atoms with Crippen molar-refractivity contribution >= 4 is 61.5 Å². The van der Waals surface area contributed by atoms with Crippen LogP contribution in [0.4, 0.5) is 11.4 Å². The number of benzene rings is 3. The molecule has 4 rings (SSSR count). The highest BCUT2D eigenvalue weighted by Gasteiger charge is 2.22. The van der Waals surface area contributed by atoms with Crippen molar-refractivity contribution in [2.24, 2.45) is 0 Å². The van der Waals surface area contributed by atoms with Crippen molar-refractivity contribution in [3.63, 3.8) is 0 Å². The van der Waals surface area contributed by atoms with Crippen LogP contribution >= 0.6 is 27.5 Å². The highest BCUT2D eigenvalue weighted by Crippen LogP contribution is 2.37. The van der Waals surface area contributed by atoms with Gasteiger partial charge in [-0.15, -0.1) is 0 Å². The quantitative estimate of drug-likeness (QED) is 0.519. The summed E-state index contributed by atoms with van der Waals surface area (Å²) in [6.45, 7) is 4.35. The van der Waals surface area contributed by atoms with Gasteiger partial charge in [-0.25, -0.2) is 0 Å². The molecule has 1 aliphatic rings. The topological polar surface area (TPSA) is 61.9 Å². The van der Waals surface area contributed by atoms with Crippen LogP contribution in [0.3, 0.4) is 0 Å². The molecule has 0 aliphatic carbocycles. The molecule has 0 bridgehead atoms. The van der Waals surface area contributed by atoms with Crippen LogP contribution in [0, 0.1) is 0 Å². The summed E-state index contributed by atoms with van der Waals surface area (Å²) in [7, 11) is 1.54. The molecule has 32 heavy (non-hydrogen) atoms. The van der Waals surface area contributed by atoms with Crippen LogP contribution in [0.1, 0.15) is 17.3 Å². The number of rotatable bonds is 4. The summed E-state index contributed by atoms with van der Waals surface area (Å²) in [5, 5.41) is 5.37. The number of amides is 2. The van der Waals surface area contributed by atoms with Crippen LogP contribution in [0.5, 0.6) is 5.75 Å². The van der Waals surface area contributed by atoms with E-state index >= 15 is 0 Å². The summed E-state index contributed by atoms with van der Waals surface area (Å²) in [6.07, 6.45) is 0. The maximum Gasteiger partial charge on any atom is 0.259 e. The molecule has 6 nitrogen and oxygen atoms in total. The molecule has 1 saturated heterocycles. The van der Waals surface area contributed by atoms with Gasteiger partial charge in [-0.05, 0) is 51.0 Å². The Morgan fingerprint density at radius 1 is 1.06 bits per heavy atom. The van der Waals surface area contributed by atoms with Gasteiger partial charge in [-0.1, -0.05) is 35.9 Å². The third kappa shape index (κ3) is 4.40. The monoisotopic (exact) mass is 515 g/mol. The number of hydrogen-bond donors (Lipinski definition) is 1. The minimum atomic E-state index is -0.285. The number of piperazine rings is 1. The van der Waals surface area contributed by atoms with Crippen molar-refractivity contribution in [3.05, 3.63) is 63.6 Å². The third-order valence-corrected chi connectivity index (χ3v) is 6.75. The van der Waals surface area contributed by atoms with Crippen LogP contribution < -0.4 is 15.0 Å². The van der Waals surface area contributed by atoms with Crippen LogP contribution in [0.15, 0.2) is 53.0 Å². The number of fused-ring (bicyclic) bond motifs is 1. The zero-order valence-electron chi connectivity index (χ0n) is 17.8. The number of nitrogens with zero attached hydrogens (tertiary/aromatic N) is 2. The van der Waals surface area contributed by atoms with Crippen molar-refractivity contribution < 1.29 is 14.3 Å². The lowest BCUT2D eigenvalue weighted by molar-refractivity contribution is -0.129. The van der Waals surface area contributed by atoms with Crippen molar-refractivity contribution in [3.8, 4) is 5.75 Å². The summed E-state index contributed by atoms with van der Waals surface area (Å²) < 4.78 is 6.26. The van der Waals surface area contributed by atoms with Crippen LogP contribution in [-0.2, 0) is 4.79 Å². The molecule has 1 aliphatic heterocycles. The van der Waals surface area contributed by atoms with Crippen molar-refractivity contribution in [1.29, 1.82) is 0 Å². The number of halogens is 2. The van der Waals surface area contributed by atoms with Gasteiger partial charge in [0.25, 0.3) is 5.91 Å². The molecule has 1 fully saturated rings. The fourth-order valence-corrected chi connectivity index (χ4v) is 4.99. The Morgan fingerprint density at radius 2 is 1.78 bits per heavy atom. The van der Waals surface area contributed by atoms with E-state index in [1.54, 1.807) is 20.1 Å². The van der Waals surface area contributed by atoms with E-state index in [4.69, 9.17) is 16.3 Å². The average Bonchev–Trinajstić information content (AvgIpc) is 2.79. The number of ether oxygens (including phenoxy) is 1. The molecule has 1 heterocycles. The first-order chi connectivity index (χ1) is 15.4. The number of hydrogen-bond acceptors (Lipinski definition) is 4. The molecular formula is C24H23BrClN3O3. The van der Waals surface area contributed by atoms with Gasteiger partial charge in [-0.3, -0.25) is 9.59 Å². The van der Waals surface area contributed by atoms with E-state index < -0.39 is 0 Å². The molecule has 0 radical (unpaired) electrons. The largest absolute Gasteiger partial charge is 0.495 e. The van der Waals surface area contributed by atoms with Crippen LogP contribution in [-0.4, -0.2) is 50.0 Å². The van der Waals surface area contributed by atoms with E-state index in [0.717, 1.165) is 20.9 Å². The smallest absolute Gasteiger partial charge is 0.259 e. The second-order valence-electron chi connectivity index (χ2n) is 7.61. The molecule has 0 spiro atoms. The van der Waals surface area contributed by atoms with Crippen molar-refractivity contribution in [2.45, 2.75) is 6.92 Å². The lowest BCUT2D eigenvalue weighted by atomic mass is 10.0. The van der Waals surface area contributed by atoms with Gasteiger partial charge in [0.15, 0.2) is 0 Å². The summed E-state index contributed by atoms with van der Waals surface area (Å²) in [5.41, 5.74) is 1.91. The standard InChI is InChI=1S/C24H23BrClN3O3/c1-15(30)28-9-11-29(12-10-28)21-8-7-17(14-20(21)26)27-24(31)19-13-16-5-3-4-6-18(16)22(25)23(19)32-2/h3-8,13-14H,9-12H2,1-2H3,(H,27,31). The Kier molecular flexibility index (Phi) is 6.58. The zero-order chi connectivity index (χ0) is 22.8. The predicted molar refractivity (Wildman–Crippen MR) is 132 cm³/mol. The maximum atomic E-state index is 13.1. The molecule has 0 saturated carbocycles. The number of anilines is 2. The highest BCUT2D eigenvalue weighted by atomic mass is 79.9. The van der Waals surface area contributed by atoms with Gasteiger partial charge in [0.1, 0.15) is 5.75 Å². The van der Waals surface area contributed by atoms with E-state index in [0.29, 0.717) is 48.2 Å². The Hall–Kier alpha value is -2.77. The second kappa shape index (κ2) is 9.38. The molecule has 0 atom stereocenters. The summed E-state index contributed by atoms with van der Waals surface area (Å²) in [5.74, 6) is 0.281. The van der Waals surface area contributed by atoms with Gasteiger partial charge >= 0.3 is 0 Å². The zero-order valence-corrected chi connectivity index (χ0v) is 20.2.